The standard InChI is InChI=1S/C12H17N3O3/c16-11(9-6-7-1-2-8(9)5-7)13-4-3-10-14-12(17)18-15-10/h7-9H,1-6H2,(H,13,16)(H,14,15,17)/t7-,8+,9-/m1/s1. The first kappa shape index (κ1) is 11.5. The van der Waals surface area contributed by atoms with Crippen LogP contribution in [0.2, 0.25) is 0 Å². The Bertz CT molecular complexity index is 493. The first-order valence-electron chi connectivity index (χ1n) is 6.55. The molecule has 0 aromatic carbocycles. The quantitative estimate of drug-likeness (QED) is 0.813. The molecular formula is C12H17N3O3. The van der Waals surface area contributed by atoms with Crippen molar-refractivity contribution in [3.63, 3.8) is 0 Å². The van der Waals surface area contributed by atoms with Gasteiger partial charge in [-0.05, 0) is 31.1 Å². The van der Waals surface area contributed by atoms with Crippen LogP contribution >= 0.6 is 0 Å². The zero-order valence-corrected chi connectivity index (χ0v) is 10.1. The van der Waals surface area contributed by atoms with Crippen molar-refractivity contribution < 1.29 is 9.32 Å². The van der Waals surface area contributed by atoms with E-state index in [1.54, 1.807) is 0 Å². The smallest absolute Gasteiger partial charge is 0.355 e. The normalized spacial score (nSPS) is 29.7. The summed E-state index contributed by atoms with van der Waals surface area (Å²) in [6, 6.07) is 0. The lowest BCUT2D eigenvalue weighted by Crippen LogP contribution is -2.35. The highest BCUT2D eigenvalue weighted by Gasteiger charge is 2.42. The molecule has 6 nitrogen and oxygen atoms in total. The van der Waals surface area contributed by atoms with Crippen molar-refractivity contribution in [3.05, 3.63) is 16.4 Å². The van der Waals surface area contributed by atoms with Crippen molar-refractivity contribution in [3.8, 4) is 0 Å². The Morgan fingerprint density at radius 3 is 2.94 bits per heavy atom. The zero-order valence-electron chi connectivity index (χ0n) is 10.1. The highest BCUT2D eigenvalue weighted by Crippen LogP contribution is 2.48. The molecule has 2 N–H and O–H groups in total. The Hall–Kier alpha value is -1.59. The van der Waals surface area contributed by atoms with Crippen molar-refractivity contribution >= 4 is 5.91 Å². The van der Waals surface area contributed by atoms with Crippen LogP contribution in [-0.2, 0) is 11.2 Å². The van der Waals surface area contributed by atoms with E-state index in [4.69, 9.17) is 0 Å². The van der Waals surface area contributed by atoms with E-state index in [9.17, 15) is 9.59 Å². The summed E-state index contributed by atoms with van der Waals surface area (Å²) < 4.78 is 4.39. The van der Waals surface area contributed by atoms with Crippen molar-refractivity contribution in [2.45, 2.75) is 32.1 Å². The topological polar surface area (TPSA) is 88.0 Å². The number of carbonyl (C=O) groups is 1. The van der Waals surface area contributed by atoms with Crippen molar-refractivity contribution in [1.82, 2.24) is 15.5 Å². The largest absolute Gasteiger partial charge is 0.438 e. The summed E-state index contributed by atoms with van der Waals surface area (Å²) in [5, 5.41) is 6.48. The van der Waals surface area contributed by atoms with Crippen LogP contribution in [0, 0.1) is 17.8 Å². The van der Waals surface area contributed by atoms with E-state index >= 15 is 0 Å². The maximum atomic E-state index is 12.0. The van der Waals surface area contributed by atoms with E-state index in [2.05, 4.69) is 20.0 Å². The average molecular weight is 251 g/mol. The fraction of sp³-hybridized carbons (Fsp3) is 0.750. The summed E-state index contributed by atoms with van der Waals surface area (Å²) in [4.78, 5) is 25.2. The van der Waals surface area contributed by atoms with E-state index in [1.807, 2.05) is 0 Å². The van der Waals surface area contributed by atoms with Gasteiger partial charge in [-0.2, -0.15) is 0 Å². The average Bonchev–Trinajstić information content (AvgIpc) is 3.05. The Kier molecular flexibility index (Phi) is 2.93. The molecule has 18 heavy (non-hydrogen) atoms. The van der Waals surface area contributed by atoms with Crippen molar-refractivity contribution in [2.75, 3.05) is 6.54 Å². The van der Waals surface area contributed by atoms with E-state index < -0.39 is 5.76 Å². The van der Waals surface area contributed by atoms with Crippen LogP contribution in [0.1, 0.15) is 31.5 Å². The number of aromatic nitrogens is 2. The van der Waals surface area contributed by atoms with Gasteiger partial charge in [-0.15, -0.1) is 0 Å². The minimum absolute atomic E-state index is 0.160. The van der Waals surface area contributed by atoms with Gasteiger partial charge in [0, 0.05) is 18.9 Å². The van der Waals surface area contributed by atoms with Gasteiger partial charge in [-0.1, -0.05) is 11.6 Å². The molecule has 1 aromatic heterocycles. The molecular weight excluding hydrogens is 234 g/mol. The molecule has 0 saturated heterocycles. The summed E-state index contributed by atoms with van der Waals surface area (Å²) in [7, 11) is 0. The third-order valence-corrected chi connectivity index (χ3v) is 4.22. The zero-order chi connectivity index (χ0) is 12.5. The highest BCUT2D eigenvalue weighted by atomic mass is 16.5. The molecule has 0 unspecified atom stereocenters. The van der Waals surface area contributed by atoms with Gasteiger partial charge in [0.25, 0.3) is 0 Å². The monoisotopic (exact) mass is 251 g/mol. The van der Waals surface area contributed by atoms with Crippen LogP contribution in [0.25, 0.3) is 0 Å². The first-order valence-corrected chi connectivity index (χ1v) is 6.55. The number of aromatic amines is 1. The predicted molar refractivity (Wildman–Crippen MR) is 62.8 cm³/mol. The maximum absolute atomic E-state index is 12.0. The molecule has 3 rings (SSSR count). The Morgan fingerprint density at radius 1 is 1.44 bits per heavy atom. The minimum Gasteiger partial charge on any atom is -0.355 e. The molecule has 2 saturated carbocycles. The van der Waals surface area contributed by atoms with Gasteiger partial charge in [0.1, 0.15) is 0 Å². The number of hydrogen-bond donors (Lipinski definition) is 2. The molecule has 6 heteroatoms. The van der Waals surface area contributed by atoms with Gasteiger partial charge in [-0.25, -0.2) is 4.79 Å². The van der Waals surface area contributed by atoms with Gasteiger partial charge in [-0.3, -0.25) is 14.3 Å². The number of nitrogens with zero attached hydrogens (tertiary/aromatic N) is 1. The fourth-order valence-electron chi connectivity index (χ4n) is 3.37. The lowest BCUT2D eigenvalue weighted by molar-refractivity contribution is -0.126. The fourth-order valence-corrected chi connectivity index (χ4v) is 3.37. The number of fused-ring (bicyclic) bond motifs is 2. The number of nitrogens with one attached hydrogen (secondary N) is 2. The van der Waals surface area contributed by atoms with E-state index in [1.165, 1.54) is 19.3 Å². The van der Waals surface area contributed by atoms with Crippen LogP contribution < -0.4 is 11.1 Å². The number of amides is 1. The number of rotatable bonds is 4. The minimum atomic E-state index is -0.551. The Balaban J connectivity index is 1.46. The van der Waals surface area contributed by atoms with Crippen LogP contribution in [0.3, 0.4) is 0 Å². The molecule has 2 bridgehead atoms. The van der Waals surface area contributed by atoms with E-state index in [0.29, 0.717) is 24.7 Å². The second-order valence-corrected chi connectivity index (χ2v) is 5.36. The van der Waals surface area contributed by atoms with E-state index in [-0.39, 0.29) is 11.8 Å². The van der Waals surface area contributed by atoms with Gasteiger partial charge in [0.05, 0.1) is 0 Å². The summed E-state index contributed by atoms with van der Waals surface area (Å²) in [6.45, 7) is 0.495. The van der Waals surface area contributed by atoms with Crippen LogP contribution in [0.5, 0.6) is 0 Å². The van der Waals surface area contributed by atoms with Crippen molar-refractivity contribution in [1.29, 1.82) is 0 Å². The molecule has 0 radical (unpaired) electrons. The third-order valence-electron chi connectivity index (χ3n) is 4.22. The number of H-pyrrole nitrogens is 1. The van der Waals surface area contributed by atoms with Gasteiger partial charge in [0.2, 0.25) is 5.91 Å². The van der Waals surface area contributed by atoms with Crippen molar-refractivity contribution in [2.24, 2.45) is 17.8 Å². The summed E-state index contributed by atoms with van der Waals surface area (Å²) >= 11 is 0. The SMILES string of the molecule is O=C(NCCc1noc(=O)[nH]1)[C@@H]1C[C@@H]2CC[C@H]1C2. The number of carbonyl (C=O) groups excluding carboxylic acids is 1. The molecule has 2 aliphatic rings. The lowest BCUT2D eigenvalue weighted by Gasteiger charge is -2.20. The Labute approximate surface area is 104 Å². The molecule has 0 aliphatic heterocycles. The summed E-state index contributed by atoms with van der Waals surface area (Å²) in [5.74, 6) is 1.67. The van der Waals surface area contributed by atoms with Crippen LogP contribution in [0.4, 0.5) is 0 Å². The third kappa shape index (κ3) is 2.19. The van der Waals surface area contributed by atoms with E-state index in [0.717, 1.165) is 12.3 Å². The number of hydrogen-bond acceptors (Lipinski definition) is 4. The molecule has 1 aromatic rings. The Morgan fingerprint density at radius 2 is 2.33 bits per heavy atom. The van der Waals surface area contributed by atoms with Gasteiger partial charge >= 0.3 is 5.76 Å². The molecule has 1 amide bonds. The second kappa shape index (κ2) is 4.59. The highest BCUT2D eigenvalue weighted by molar-refractivity contribution is 5.79. The molecule has 3 atom stereocenters. The molecule has 98 valence electrons. The maximum Gasteiger partial charge on any atom is 0.438 e. The summed E-state index contributed by atoms with van der Waals surface area (Å²) in [5.41, 5.74) is 0. The second-order valence-electron chi connectivity index (χ2n) is 5.36. The first-order chi connectivity index (χ1) is 8.72. The lowest BCUT2D eigenvalue weighted by atomic mass is 9.88. The predicted octanol–water partition coefficient (Wildman–Crippen LogP) is 0.458. The molecule has 0 spiro atoms. The molecule has 1 heterocycles. The molecule has 2 aliphatic carbocycles. The van der Waals surface area contributed by atoms with Crippen LogP contribution in [-0.4, -0.2) is 22.6 Å². The van der Waals surface area contributed by atoms with Gasteiger partial charge in [0.15, 0.2) is 5.82 Å². The van der Waals surface area contributed by atoms with Gasteiger partial charge < -0.3 is 5.32 Å². The summed E-state index contributed by atoms with van der Waals surface area (Å²) in [6.07, 6.45) is 5.29. The molecule has 2 fully saturated rings. The van der Waals surface area contributed by atoms with Crippen LogP contribution in [0.15, 0.2) is 9.32 Å².